The number of nitrogens with zero attached hydrogens (tertiary/aromatic N) is 1. The topological polar surface area (TPSA) is 35.1 Å². The van der Waals surface area contributed by atoms with Gasteiger partial charge in [-0.1, -0.05) is 0 Å². The third kappa shape index (κ3) is 1.27. The molecule has 0 saturated heterocycles. The highest BCUT2D eigenvalue weighted by Crippen LogP contribution is 2.30. The van der Waals surface area contributed by atoms with Gasteiger partial charge in [-0.05, 0) is 43.9 Å². The summed E-state index contributed by atoms with van der Waals surface area (Å²) in [5.41, 5.74) is 4.79. The van der Waals surface area contributed by atoms with Crippen LogP contribution in [0.4, 0.5) is 0 Å². The Kier molecular flexibility index (Phi) is 2.14. The lowest BCUT2D eigenvalue weighted by molar-refractivity contribution is 0.610. The number of rotatable bonds is 0. The molecule has 0 bridgehead atoms. The summed E-state index contributed by atoms with van der Waals surface area (Å²) in [7, 11) is 1.81. The molecule has 0 fully saturated rings. The fourth-order valence-corrected chi connectivity index (χ4v) is 2.69. The summed E-state index contributed by atoms with van der Waals surface area (Å²) in [6.07, 6.45) is 1.77. The zero-order chi connectivity index (χ0) is 13.0. The number of aromatic nitrogens is 1. The maximum Gasteiger partial charge on any atom is 0.253 e. The average Bonchev–Trinajstić information content (AvgIpc) is 2.69. The van der Waals surface area contributed by atoms with Crippen LogP contribution in [0, 0.1) is 20.8 Å². The molecule has 0 spiro atoms. The minimum Gasteiger partial charge on any atom is -0.464 e. The Morgan fingerprint density at radius 3 is 2.56 bits per heavy atom. The maximum atomic E-state index is 12.0. The molecule has 3 aromatic rings. The zero-order valence-corrected chi connectivity index (χ0v) is 11.0. The summed E-state index contributed by atoms with van der Waals surface area (Å²) in [5, 5.41) is 2.21. The molecule has 0 aliphatic rings. The predicted octanol–water partition coefficient (Wildman–Crippen LogP) is 3.21. The Labute approximate surface area is 105 Å². The number of fused-ring (bicyclic) bond motifs is 2. The number of hydrogen-bond acceptors (Lipinski definition) is 2. The van der Waals surface area contributed by atoms with Gasteiger partial charge < -0.3 is 8.98 Å². The van der Waals surface area contributed by atoms with E-state index in [-0.39, 0.29) is 5.56 Å². The summed E-state index contributed by atoms with van der Waals surface area (Å²) >= 11 is 0. The number of furan rings is 1. The SMILES string of the molecule is Cc1cc2cc3c(C)coc3c(C)c2n(C)c1=O. The Balaban J connectivity index is 2.66. The normalized spacial score (nSPS) is 11.6. The second-order valence-electron chi connectivity index (χ2n) is 4.93. The molecule has 18 heavy (non-hydrogen) atoms. The smallest absolute Gasteiger partial charge is 0.253 e. The van der Waals surface area contributed by atoms with Crippen molar-refractivity contribution in [3.63, 3.8) is 0 Å². The van der Waals surface area contributed by atoms with Gasteiger partial charge in [0.1, 0.15) is 5.58 Å². The van der Waals surface area contributed by atoms with Crippen molar-refractivity contribution in [2.75, 3.05) is 0 Å². The lowest BCUT2D eigenvalue weighted by Crippen LogP contribution is -2.19. The molecule has 0 aliphatic carbocycles. The molecule has 0 aliphatic heterocycles. The predicted molar refractivity (Wildman–Crippen MR) is 73.2 cm³/mol. The van der Waals surface area contributed by atoms with Gasteiger partial charge in [-0.15, -0.1) is 0 Å². The van der Waals surface area contributed by atoms with Crippen LogP contribution in [0.2, 0.25) is 0 Å². The molecule has 0 N–H and O–H groups in total. The first-order valence-electron chi connectivity index (χ1n) is 5.98. The summed E-state index contributed by atoms with van der Waals surface area (Å²) < 4.78 is 7.30. The van der Waals surface area contributed by atoms with Gasteiger partial charge in [-0.3, -0.25) is 4.79 Å². The second kappa shape index (κ2) is 3.48. The molecule has 0 saturated carbocycles. The number of benzene rings is 1. The maximum absolute atomic E-state index is 12.0. The molecule has 0 unspecified atom stereocenters. The van der Waals surface area contributed by atoms with E-state index in [1.807, 2.05) is 33.9 Å². The fraction of sp³-hybridized carbons (Fsp3) is 0.267. The van der Waals surface area contributed by atoms with Crippen molar-refractivity contribution < 1.29 is 4.42 Å². The molecule has 0 atom stereocenters. The third-order valence-corrected chi connectivity index (χ3v) is 3.64. The Morgan fingerprint density at radius 1 is 1.11 bits per heavy atom. The first-order chi connectivity index (χ1) is 8.50. The van der Waals surface area contributed by atoms with Gasteiger partial charge in [-0.2, -0.15) is 0 Å². The standard InChI is InChI=1S/C15H15NO2/c1-8-5-11-6-12-9(2)7-18-14(12)10(3)13(11)16(4)15(8)17/h5-7H,1-4H3. The minimum absolute atomic E-state index is 0.0493. The van der Waals surface area contributed by atoms with Gasteiger partial charge in [-0.25, -0.2) is 0 Å². The van der Waals surface area contributed by atoms with Gasteiger partial charge in [0.15, 0.2) is 0 Å². The van der Waals surface area contributed by atoms with Gasteiger partial charge in [0, 0.05) is 23.6 Å². The van der Waals surface area contributed by atoms with E-state index in [0.717, 1.165) is 38.6 Å². The van der Waals surface area contributed by atoms with Crippen molar-refractivity contribution in [2.45, 2.75) is 20.8 Å². The van der Waals surface area contributed by atoms with Gasteiger partial charge in [0.2, 0.25) is 0 Å². The highest BCUT2D eigenvalue weighted by Gasteiger charge is 2.12. The van der Waals surface area contributed by atoms with Crippen LogP contribution >= 0.6 is 0 Å². The summed E-state index contributed by atoms with van der Waals surface area (Å²) in [6.45, 7) is 5.89. The number of pyridine rings is 1. The van der Waals surface area contributed by atoms with Crippen LogP contribution in [0.25, 0.3) is 21.9 Å². The first-order valence-corrected chi connectivity index (χ1v) is 5.98. The van der Waals surface area contributed by atoms with E-state index in [2.05, 4.69) is 6.07 Å². The molecule has 3 rings (SSSR count). The average molecular weight is 241 g/mol. The van der Waals surface area contributed by atoms with E-state index in [9.17, 15) is 4.79 Å². The van der Waals surface area contributed by atoms with Crippen LogP contribution in [-0.2, 0) is 7.05 Å². The molecular weight excluding hydrogens is 226 g/mol. The molecule has 3 nitrogen and oxygen atoms in total. The first kappa shape index (κ1) is 11.1. The van der Waals surface area contributed by atoms with E-state index in [1.165, 1.54) is 0 Å². The zero-order valence-electron chi connectivity index (χ0n) is 11.0. The van der Waals surface area contributed by atoms with Crippen molar-refractivity contribution in [1.82, 2.24) is 4.57 Å². The molecular formula is C15H15NO2. The van der Waals surface area contributed by atoms with Crippen LogP contribution < -0.4 is 5.56 Å². The highest BCUT2D eigenvalue weighted by molar-refractivity contribution is 5.99. The molecule has 2 heterocycles. The Morgan fingerprint density at radius 2 is 1.83 bits per heavy atom. The molecule has 0 radical (unpaired) electrons. The quantitative estimate of drug-likeness (QED) is 0.605. The van der Waals surface area contributed by atoms with Crippen LogP contribution in [0.3, 0.4) is 0 Å². The molecule has 0 amide bonds. The van der Waals surface area contributed by atoms with Crippen molar-refractivity contribution in [1.29, 1.82) is 0 Å². The third-order valence-electron chi connectivity index (χ3n) is 3.64. The van der Waals surface area contributed by atoms with E-state index in [4.69, 9.17) is 4.42 Å². The van der Waals surface area contributed by atoms with Crippen molar-refractivity contribution in [3.05, 3.63) is 45.4 Å². The van der Waals surface area contributed by atoms with Crippen molar-refractivity contribution in [3.8, 4) is 0 Å². The summed E-state index contributed by atoms with van der Waals surface area (Å²) in [6, 6.07) is 4.06. The second-order valence-corrected chi connectivity index (χ2v) is 4.93. The lowest BCUT2D eigenvalue weighted by Gasteiger charge is -2.10. The van der Waals surface area contributed by atoms with Crippen LogP contribution in [0.1, 0.15) is 16.7 Å². The summed E-state index contributed by atoms with van der Waals surface area (Å²) in [5.74, 6) is 0. The number of hydrogen-bond donors (Lipinski definition) is 0. The van der Waals surface area contributed by atoms with Crippen LogP contribution in [0.15, 0.2) is 27.6 Å². The molecule has 2 aromatic heterocycles. The van der Waals surface area contributed by atoms with Gasteiger partial charge in [0.05, 0.1) is 11.8 Å². The van der Waals surface area contributed by atoms with Gasteiger partial charge in [0.25, 0.3) is 5.56 Å². The Hall–Kier alpha value is -2.03. The molecule has 1 aromatic carbocycles. The fourth-order valence-electron chi connectivity index (χ4n) is 2.69. The largest absolute Gasteiger partial charge is 0.464 e. The summed E-state index contributed by atoms with van der Waals surface area (Å²) in [4.78, 5) is 12.0. The minimum atomic E-state index is 0.0493. The van der Waals surface area contributed by atoms with E-state index in [1.54, 1.807) is 10.8 Å². The van der Waals surface area contributed by atoms with Crippen molar-refractivity contribution in [2.24, 2.45) is 7.05 Å². The van der Waals surface area contributed by atoms with E-state index < -0.39 is 0 Å². The number of aryl methyl sites for hydroxylation is 4. The highest BCUT2D eigenvalue weighted by atomic mass is 16.3. The molecule has 3 heteroatoms. The Bertz CT molecular complexity index is 837. The monoisotopic (exact) mass is 241 g/mol. The van der Waals surface area contributed by atoms with Crippen LogP contribution in [0.5, 0.6) is 0 Å². The lowest BCUT2D eigenvalue weighted by atomic mass is 10.0. The van der Waals surface area contributed by atoms with Crippen molar-refractivity contribution >= 4 is 21.9 Å². The van der Waals surface area contributed by atoms with Gasteiger partial charge >= 0.3 is 0 Å². The van der Waals surface area contributed by atoms with E-state index in [0.29, 0.717) is 0 Å². The van der Waals surface area contributed by atoms with Crippen LogP contribution in [-0.4, -0.2) is 4.57 Å². The van der Waals surface area contributed by atoms with E-state index >= 15 is 0 Å². The molecule has 92 valence electrons.